The molecule has 162 valence electrons. The molecule has 0 aliphatic carbocycles. The number of rotatable bonds is 3. The van der Waals surface area contributed by atoms with E-state index in [1.54, 1.807) is 13.3 Å². The maximum Gasteiger partial charge on any atom is 0.274 e. The van der Waals surface area contributed by atoms with Crippen LogP contribution >= 0.6 is 0 Å². The van der Waals surface area contributed by atoms with Crippen molar-refractivity contribution in [2.45, 2.75) is 33.7 Å². The summed E-state index contributed by atoms with van der Waals surface area (Å²) < 4.78 is 6.57. The lowest BCUT2D eigenvalue weighted by atomic mass is 10.0. The van der Waals surface area contributed by atoms with Gasteiger partial charge in [-0.1, -0.05) is 0 Å². The molecule has 5 heterocycles. The first-order valence-corrected chi connectivity index (χ1v) is 10.6. The lowest BCUT2D eigenvalue weighted by molar-refractivity contribution is 0.398. The van der Waals surface area contributed by atoms with Crippen molar-refractivity contribution in [1.82, 2.24) is 24.6 Å². The van der Waals surface area contributed by atoms with E-state index < -0.39 is 0 Å². The van der Waals surface area contributed by atoms with Gasteiger partial charge in [-0.3, -0.25) is 9.78 Å². The Morgan fingerprint density at radius 3 is 2.56 bits per heavy atom. The number of fused-ring (bicyclic) bond motifs is 2. The van der Waals surface area contributed by atoms with Crippen molar-refractivity contribution in [3.05, 3.63) is 75.1 Å². The number of aryl methyl sites for hydroxylation is 2. The van der Waals surface area contributed by atoms with Crippen LogP contribution in [0, 0.1) is 20.8 Å². The van der Waals surface area contributed by atoms with E-state index in [1.165, 1.54) is 10.6 Å². The largest absolute Gasteiger partial charge is 0.481 e. The lowest BCUT2D eigenvalue weighted by Gasteiger charge is -2.31. The summed E-state index contributed by atoms with van der Waals surface area (Å²) in [6.07, 6.45) is 4.51. The van der Waals surface area contributed by atoms with E-state index >= 15 is 0 Å². The van der Waals surface area contributed by atoms with Crippen LogP contribution in [0.5, 0.6) is 5.88 Å². The molecule has 0 atom stereocenters. The van der Waals surface area contributed by atoms with Gasteiger partial charge in [0.1, 0.15) is 0 Å². The number of methoxy groups -OCH3 is 1. The van der Waals surface area contributed by atoms with Crippen LogP contribution in [0.15, 0.2) is 41.5 Å². The number of aromatic nitrogens is 5. The second kappa shape index (κ2) is 7.71. The molecule has 5 rings (SSSR count). The molecule has 0 fully saturated rings. The van der Waals surface area contributed by atoms with Crippen LogP contribution in [0.2, 0.25) is 0 Å². The monoisotopic (exact) mass is 428 g/mol. The predicted octanol–water partition coefficient (Wildman–Crippen LogP) is 3.04. The van der Waals surface area contributed by atoms with Gasteiger partial charge in [-0.05, 0) is 38.5 Å². The third-order valence-corrected chi connectivity index (χ3v) is 6.07. The van der Waals surface area contributed by atoms with Gasteiger partial charge in [-0.15, -0.1) is 5.10 Å². The van der Waals surface area contributed by atoms with Crippen molar-refractivity contribution in [2.75, 3.05) is 18.6 Å². The summed E-state index contributed by atoms with van der Waals surface area (Å²) in [5, 5.41) is 4.70. The minimum absolute atomic E-state index is 0.162. The molecule has 0 saturated carbocycles. The van der Waals surface area contributed by atoms with Crippen molar-refractivity contribution in [1.29, 1.82) is 0 Å². The smallest absolute Gasteiger partial charge is 0.274 e. The van der Waals surface area contributed by atoms with Gasteiger partial charge in [-0.2, -0.15) is 4.52 Å². The normalized spacial score (nSPS) is 13.3. The third-order valence-electron chi connectivity index (χ3n) is 6.07. The van der Waals surface area contributed by atoms with Gasteiger partial charge >= 0.3 is 0 Å². The van der Waals surface area contributed by atoms with Gasteiger partial charge in [-0.25, -0.2) is 9.97 Å². The summed E-state index contributed by atoms with van der Waals surface area (Å²) in [5.74, 6) is 1.39. The van der Waals surface area contributed by atoms with E-state index in [0.717, 1.165) is 52.3 Å². The Hall–Kier alpha value is -3.81. The summed E-state index contributed by atoms with van der Waals surface area (Å²) in [7, 11) is 1.60. The molecular weight excluding hydrogens is 404 g/mol. The van der Waals surface area contributed by atoms with Crippen LogP contribution in [0.25, 0.3) is 16.8 Å². The van der Waals surface area contributed by atoms with Crippen LogP contribution < -0.4 is 15.2 Å². The first-order valence-electron chi connectivity index (χ1n) is 10.6. The van der Waals surface area contributed by atoms with Crippen molar-refractivity contribution in [3.8, 4) is 17.0 Å². The molecule has 0 aromatic carbocycles. The van der Waals surface area contributed by atoms with Gasteiger partial charge in [0.15, 0.2) is 11.5 Å². The summed E-state index contributed by atoms with van der Waals surface area (Å²) in [6, 6.07) is 7.51. The molecular formula is C24H24N6O2. The van der Waals surface area contributed by atoms with Crippen LogP contribution in [-0.4, -0.2) is 38.2 Å². The van der Waals surface area contributed by atoms with E-state index in [0.29, 0.717) is 23.8 Å². The Morgan fingerprint density at radius 1 is 1.00 bits per heavy atom. The molecule has 8 heteroatoms. The summed E-state index contributed by atoms with van der Waals surface area (Å²) >= 11 is 0. The first kappa shape index (κ1) is 20.1. The average Bonchev–Trinajstić information content (AvgIpc) is 2.81. The van der Waals surface area contributed by atoms with E-state index in [1.807, 2.05) is 39.1 Å². The maximum absolute atomic E-state index is 12.6. The van der Waals surface area contributed by atoms with Gasteiger partial charge < -0.3 is 9.64 Å². The number of anilines is 1. The number of pyridine rings is 2. The SMILES string of the molecule is COc1ccc(-c2cnc3c(c2)CN(c2nn4c(=O)cc(C)nc4c(C)c2C)CC3)cn1. The van der Waals surface area contributed by atoms with Gasteiger partial charge in [0, 0.05) is 77.7 Å². The van der Waals surface area contributed by atoms with Gasteiger partial charge in [0.05, 0.1) is 7.11 Å². The van der Waals surface area contributed by atoms with Gasteiger partial charge in [0.25, 0.3) is 5.56 Å². The molecule has 1 aliphatic rings. The highest BCUT2D eigenvalue weighted by atomic mass is 16.5. The Morgan fingerprint density at radius 2 is 1.81 bits per heavy atom. The molecule has 0 N–H and O–H groups in total. The Labute approximate surface area is 185 Å². The third kappa shape index (κ3) is 3.37. The molecule has 0 bridgehead atoms. The standard InChI is InChI=1S/C24H24N6O2/c1-14-9-22(31)30-23(27-14)15(2)16(3)24(28-30)29-8-7-20-19(13-29)10-18(12-25-20)17-5-6-21(32-4)26-11-17/h5-6,9-12H,7-8,13H2,1-4H3. The fourth-order valence-electron chi connectivity index (χ4n) is 4.17. The number of hydrogen-bond acceptors (Lipinski definition) is 7. The number of hydrogen-bond donors (Lipinski definition) is 0. The molecule has 4 aromatic rings. The molecule has 0 saturated heterocycles. The number of nitrogens with zero attached hydrogens (tertiary/aromatic N) is 6. The molecule has 1 aliphatic heterocycles. The molecule has 8 nitrogen and oxygen atoms in total. The lowest BCUT2D eigenvalue weighted by Crippen LogP contribution is -2.34. The minimum atomic E-state index is -0.162. The highest BCUT2D eigenvalue weighted by molar-refractivity contribution is 5.64. The summed E-state index contributed by atoms with van der Waals surface area (Å²) in [6.45, 7) is 7.33. The Kier molecular flexibility index (Phi) is 4.84. The quantitative estimate of drug-likeness (QED) is 0.496. The number of ether oxygens (including phenoxy) is 1. The van der Waals surface area contributed by atoms with Gasteiger partial charge in [0.2, 0.25) is 5.88 Å². The molecule has 0 radical (unpaired) electrons. The molecule has 0 unspecified atom stereocenters. The maximum atomic E-state index is 12.6. The first-order chi connectivity index (χ1) is 15.4. The molecule has 32 heavy (non-hydrogen) atoms. The van der Waals surface area contributed by atoms with Crippen molar-refractivity contribution < 1.29 is 4.74 Å². The highest BCUT2D eigenvalue weighted by Gasteiger charge is 2.23. The second-order valence-electron chi connectivity index (χ2n) is 8.14. The summed E-state index contributed by atoms with van der Waals surface area (Å²) in [5.41, 5.74) is 7.40. The highest BCUT2D eigenvalue weighted by Crippen LogP contribution is 2.29. The molecule has 0 spiro atoms. The van der Waals surface area contributed by atoms with Crippen molar-refractivity contribution in [3.63, 3.8) is 0 Å². The molecule has 0 amide bonds. The van der Waals surface area contributed by atoms with E-state index in [2.05, 4.69) is 20.9 Å². The topological polar surface area (TPSA) is 85.5 Å². The Balaban J connectivity index is 1.53. The zero-order chi connectivity index (χ0) is 22.4. The second-order valence-corrected chi connectivity index (χ2v) is 8.14. The van der Waals surface area contributed by atoms with Crippen LogP contribution in [0.4, 0.5) is 5.82 Å². The van der Waals surface area contributed by atoms with E-state index in [-0.39, 0.29) is 5.56 Å². The van der Waals surface area contributed by atoms with E-state index in [4.69, 9.17) is 14.8 Å². The fourth-order valence-corrected chi connectivity index (χ4v) is 4.17. The predicted molar refractivity (Wildman–Crippen MR) is 122 cm³/mol. The minimum Gasteiger partial charge on any atom is -0.481 e. The molecule has 4 aromatic heterocycles. The Bertz CT molecular complexity index is 1390. The fraction of sp³-hybridized carbons (Fsp3) is 0.292. The van der Waals surface area contributed by atoms with Crippen LogP contribution in [-0.2, 0) is 13.0 Å². The van der Waals surface area contributed by atoms with Crippen LogP contribution in [0.1, 0.15) is 28.1 Å². The average molecular weight is 428 g/mol. The summed E-state index contributed by atoms with van der Waals surface area (Å²) in [4.78, 5) is 28.3. The zero-order valence-corrected chi connectivity index (χ0v) is 18.6. The van der Waals surface area contributed by atoms with Crippen LogP contribution in [0.3, 0.4) is 0 Å². The van der Waals surface area contributed by atoms with Crippen molar-refractivity contribution >= 4 is 11.5 Å². The zero-order valence-electron chi connectivity index (χ0n) is 18.6. The van der Waals surface area contributed by atoms with Crippen molar-refractivity contribution in [2.24, 2.45) is 0 Å². The van der Waals surface area contributed by atoms with E-state index in [9.17, 15) is 4.79 Å².